The number of hydrogen-bond donors (Lipinski definition) is 2. The quantitative estimate of drug-likeness (QED) is 0.342. The van der Waals surface area contributed by atoms with Crippen LogP contribution in [0.25, 0.3) is 0 Å². The van der Waals surface area contributed by atoms with Gasteiger partial charge in [0.05, 0.1) is 12.8 Å². The van der Waals surface area contributed by atoms with Crippen molar-refractivity contribution in [2.45, 2.75) is 6.92 Å². The van der Waals surface area contributed by atoms with Crippen LogP contribution in [0.3, 0.4) is 0 Å². The summed E-state index contributed by atoms with van der Waals surface area (Å²) in [5, 5.41) is 12.6. The van der Waals surface area contributed by atoms with Gasteiger partial charge in [0.25, 0.3) is 5.91 Å². The van der Waals surface area contributed by atoms with Crippen molar-refractivity contribution in [3.05, 3.63) is 66.2 Å². The van der Waals surface area contributed by atoms with Gasteiger partial charge < -0.3 is 19.3 Å². The number of hydrogen-bond acceptors (Lipinski definition) is 6. The molecule has 0 spiro atoms. The van der Waals surface area contributed by atoms with Crippen molar-refractivity contribution in [1.29, 1.82) is 0 Å². The fourth-order valence-corrected chi connectivity index (χ4v) is 2.27. The van der Waals surface area contributed by atoms with E-state index in [4.69, 9.17) is 19.3 Å². The van der Waals surface area contributed by atoms with E-state index in [9.17, 15) is 9.59 Å². The van der Waals surface area contributed by atoms with Crippen LogP contribution in [-0.2, 0) is 4.79 Å². The molecule has 2 aromatic rings. The van der Waals surface area contributed by atoms with Crippen molar-refractivity contribution in [1.82, 2.24) is 5.43 Å². The van der Waals surface area contributed by atoms with E-state index in [1.165, 1.54) is 6.21 Å². The van der Waals surface area contributed by atoms with E-state index in [1.54, 1.807) is 48.5 Å². The van der Waals surface area contributed by atoms with Gasteiger partial charge in [-0.3, -0.25) is 4.79 Å². The second kappa shape index (κ2) is 11.1. The van der Waals surface area contributed by atoms with Gasteiger partial charge in [0.15, 0.2) is 18.1 Å². The molecule has 8 nitrogen and oxygen atoms in total. The molecular weight excluding hydrogens is 376 g/mol. The first-order valence-electron chi connectivity index (χ1n) is 8.82. The minimum Gasteiger partial charge on any atom is -0.490 e. The Hall–Kier alpha value is -3.81. The third-order valence-corrected chi connectivity index (χ3v) is 3.50. The third-order valence-electron chi connectivity index (χ3n) is 3.50. The molecule has 0 fully saturated rings. The molecule has 2 rings (SSSR count). The van der Waals surface area contributed by atoms with E-state index in [2.05, 4.69) is 17.1 Å². The molecule has 2 N–H and O–H groups in total. The molecule has 0 saturated heterocycles. The van der Waals surface area contributed by atoms with Gasteiger partial charge in [-0.05, 0) is 37.3 Å². The largest absolute Gasteiger partial charge is 0.490 e. The Morgan fingerprint density at radius 3 is 2.62 bits per heavy atom. The fourth-order valence-electron chi connectivity index (χ4n) is 2.27. The molecule has 0 aliphatic carbocycles. The maximum atomic E-state index is 12.4. The Bertz CT molecular complexity index is 894. The molecule has 0 atom stereocenters. The number of hydrazone groups is 1. The van der Waals surface area contributed by atoms with E-state index < -0.39 is 18.5 Å². The van der Waals surface area contributed by atoms with Crippen LogP contribution in [0.4, 0.5) is 0 Å². The summed E-state index contributed by atoms with van der Waals surface area (Å²) in [4.78, 5) is 23.0. The minimum absolute atomic E-state index is 0.319. The normalized spacial score (nSPS) is 10.4. The molecule has 0 aliphatic heterocycles. The van der Waals surface area contributed by atoms with Crippen LogP contribution in [0.2, 0.25) is 0 Å². The van der Waals surface area contributed by atoms with E-state index in [0.717, 1.165) is 0 Å². The molecule has 0 aliphatic rings. The maximum absolute atomic E-state index is 12.4. The number of nitrogens with one attached hydrogen (secondary N) is 1. The highest BCUT2D eigenvalue weighted by molar-refractivity contribution is 5.95. The summed E-state index contributed by atoms with van der Waals surface area (Å²) in [5.74, 6) is -0.234. The first-order valence-corrected chi connectivity index (χ1v) is 8.82. The number of carbonyl (C=O) groups excluding carboxylic acids is 1. The first kappa shape index (κ1) is 21.5. The molecule has 0 saturated carbocycles. The van der Waals surface area contributed by atoms with Crippen molar-refractivity contribution in [3.63, 3.8) is 0 Å². The molecule has 152 valence electrons. The number of carboxylic acid groups (broad SMARTS) is 1. The molecule has 0 unspecified atom stereocenters. The van der Waals surface area contributed by atoms with Crippen LogP contribution >= 0.6 is 0 Å². The van der Waals surface area contributed by atoms with Gasteiger partial charge >= 0.3 is 5.97 Å². The highest BCUT2D eigenvalue weighted by Gasteiger charge is 2.11. The zero-order chi connectivity index (χ0) is 21.1. The summed E-state index contributed by atoms with van der Waals surface area (Å²) in [5.41, 5.74) is 3.28. The Morgan fingerprint density at radius 2 is 1.90 bits per heavy atom. The number of rotatable bonds is 11. The Labute approximate surface area is 168 Å². The number of para-hydroxylation sites is 1. The predicted molar refractivity (Wildman–Crippen MR) is 108 cm³/mol. The average Bonchev–Trinajstić information content (AvgIpc) is 2.72. The lowest BCUT2D eigenvalue weighted by molar-refractivity contribution is -0.139. The van der Waals surface area contributed by atoms with Crippen LogP contribution in [0, 0.1) is 0 Å². The molecule has 0 heterocycles. The van der Waals surface area contributed by atoms with E-state index in [0.29, 0.717) is 41.6 Å². The maximum Gasteiger partial charge on any atom is 0.341 e. The van der Waals surface area contributed by atoms with Crippen LogP contribution < -0.4 is 19.6 Å². The third kappa shape index (κ3) is 6.69. The first-order chi connectivity index (χ1) is 14.0. The molecule has 2 aromatic carbocycles. The van der Waals surface area contributed by atoms with Crippen molar-refractivity contribution < 1.29 is 28.9 Å². The van der Waals surface area contributed by atoms with Gasteiger partial charge in [-0.2, -0.15) is 5.10 Å². The highest BCUT2D eigenvalue weighted by Crippen LogP contribution is 2.28. The van der Waals surface area contributed by atoms with Gasteiger partial charge in [0.2, 0.25) is 0 Å². The monoisotopic (exact) mass is 398 g/mol. The van der Waals surface area contributed by atoms with Crippen LogP contribution in [0.15, 0.2) is 60.2 Å². The molecule has 1 amide bonds. The van der Waals surface area contributed by atoms with Gasteiger partial charge in [0.1, 0.15) is 12.4 Å². The number of carboxylic acids is 1. The summed E-state index contributed by atoms with van der Waals surface area (Å²) in [6.07, 6.45) is 2.99. The van der Waals surface area contributed by atoms with Crippen molar-refractivity contribution in [3.8, 4) is 17.2 Å². The number of aliphatic carboxylic acids is 1. The molecule has 8 heteroatoms. The molecule has 0 aromatic heterocycles. The Morgan fingerprint density at radius 1 is 1.10 bits per heavy atom. The number of amides is 1. The number of nitrogens with zero attached hydrogens (tertiary/aromatic N) is 1. The lowest BCUT2D eigenvalue weighted by Crippen LogP contribution is -2.18. The van der Waals surface area contributed by atoms with Gasteiger partial charge in [-0.25, -0.2) is 10.2 Å². The number of ether oxygens (including phenoxy) is 3. The van der Waals surface area contributed by atoms with Gasteiger partial charge in [-0.1, -0.05) is 24.8 Å². The molecule has 0 bridgehead atoms. The fraction of sp³-hybridized carbons (Fsp3) is 0.190. The number of benzene rings is 2. The average molecular weight is 398 g/mol. The van der Waals surface area contributed by atoms with Crippen LogP contribution in [0.1, 0.15) is 22.8 Å². The second-order valence-corrected chi connectivity index (χ2v) is 5.61. The van der Waals surface area contributed by atoms with E-state index in [1.807, 2.05) is 6.92 Å². The SMILES string of the molecule is C=CCOc1ccc(C(=O)N/N=C/c2ccccc2OCC(=O)O)cc1OCC. The lowest BCUT2D eigenvalue weighted by Gasteiger charge is -2.12. The lowest BCUT2D eigenvalue weighted by atomic mass is 10.2. The smallest absolute Gasteiger partial charge is 0.341 e. The highest BCUT2D eigenvalue weighted by atomic mass is 16.5. The summed E-state index contributed by atoms with van der Waals surface area (Å²) >= 11 is 0. The van der Waals surface area contributed by atoms with Gasteiger partial charge in [0, 0.05) is 11.1 Å². The molecular formula is C21H22N2O6. The van der Waals surface area contributed by atoms with Crippen molar-refractivity contribution in [2.75, 3.05) is 19.8 Å². The zero-order valence-corrected chi connectivity index (χ0v) is 16.0. The topological polar surface area (TPSA) is 106 Å². The second-order valence-electron chi connectivity index (χ2n) is 5.61. The molecule has 0 radical (unpaired) electrons. The molecule has 29 heavy (non-hydrogen) atoms. The zero-order valence-electron chi connectivity index (χ0n) is 16.0. The van der Waals surface area contributed by atoms with E-state index >= 15 is 0 Å². The van der Waals surface area contributed by atoms with Gasteiger partial charge in [-0.15, -0.1) is 0 Å². The predicted octanol–water partition coefficient (Wildman–Crippen LogP) is 2.88. The summed E-state index contributed by atoms with van der Waals surface area (Å²) < 4.78 is 16.2. The summed E-state index contributed by atoms with van der Waals surface area (Å²) in [7, 11) is 0. The minimum atomic E-state index is -1.09. The van der Waals surface area contributed by atoms with Crippen LogP contribution in [0.5, 0.6) is 17.2 Å². The Kier molecular flexibility index (Phi) is 8.25. The standard InChI is InChI=1S/C21H22N2O6/c1-3-11-28-18-10-9-15(12-19(18)27-4-2)21(26)23-22-13-16-7-5-6-8-17(16)29-14-20(24)25/h3,5-10,12-13H,1,4,11,14H2,2H3,(H,23,26)(H,24,25)/b22-13+. The van der Waals surface area contributed by atoms with Crippen molar-refractivity contribution in [2.24, 2.45) is 5.10 Å². The Balaban J connectivity index is 2.08. The number of carbonyl (C=O) groups is 2. The van der Waals surface area contributed by atoms with Crippen molar-refractivity contribution >= 4 is 18.1 Å². The van der Waals surface area contributed by atoms with Crippen LogP contribution in [-0.4, -0.2) is 43.0 Å². The van der Waals surface area contributed by atoms with E-state index in [-0.39, 0.29) is 0 Å². The summed E-state index contributed by atoms with van der Waals surface area (Å²) in [6.45, 7) is 5.69. The summed E-state index contributed by atoms with van der Waals surface area (Å²) in [6, 6.07) is 11.5.